The van der Waals surface area contributed by atoms with Crippen molar-refractivity contribution in [3.8, 4) is 0 Å². The van der Waals surface area contributed by atoms with E-state index in [4.69, 9.17) is 10.8 Å². The van der Waals surface area contributed by atoms with Crippen molar-refractivity contribution in [2.75, 3.05) is 13.6 Å². The third-order valence-corrected chi connectivity index (χ3v) is 2.61. The summed E-state index contributed by atoms with van der Waals surface area (Å²) in [7, 11) is 2.00. The third-order valence-electron chi connectivity index (χ3n) is 2.61. The highest BCUT2D eigenvalue weighted by molar-refractivity contribution is 5.77. The predicted molar refractivity (Wildman–Crippen MR) is 61.8 cm³/mol. The van der Waals surface area contributed by atoms with E-state index in [0.717, 1.165) is 6.54 Å². The van der Waals surface area contributed by atoms with Crippen LogP contribution in [0.15, 0.2) is 0 Å². The van der Waals surface area contributed by atoms with Gasteiger partial charge in [-0.15, -0.1) is 0 Å². The molecule has 15 heavy (non-hydrogen) atoms. The molecule has 2 unspecified atom stereocenters. The Hall–Kier alpha value is -0.610. The van der Waals surface area contributed by atoms with Crippen molar-refractivity contribution in [2.45, 2.75) is 45.7 Å². The molecule has 0 aliphatic rings. The van der Waals surface area contributed by atoms with Gasteiger partial charge in [-0.1, -0.05) is 13.8 Å². The zero-order valence-corrected chi connectivity index (χ0v) is 10.4. The first-order chi connectivity index (χ1) is 6.66. The van der Waals surface area contributed by atoms with Gasteiger partial charge in [-0.3, -0.25) is 4.79 Å². The molecule has 0 spiro atoms. The second-order valence-corrected chi connectivity index (χ2v) is 5.11. The number of hydrogen-bond donors (Lipinski definition) is 2. The number of carboxylic acid groups (broad SMARTS) is 1. The maximum Gasteiger partial charge on any atom is 0.323 e. The van der Waals surface area contributed by atoms with Gasteiger partial charge in [0.1, 0.15) is 5.54 Å². The molecule has 0 fully saturated rings. The van der Waals surface area contributed by atoms with Gasteiger partial charge in [0, 0.05) is 12.6 Å². The van der Waals surface area contributed by atoms with Crippen LogP contribution < -0.4 is 5.73 Å². The Labute approximate surface area is 92.4 Å². The van der Waals surface area contributed by atoms with Crippen LogP contribution >= 0.6 is 0 Å². The van der Waals surface area contributed by atoms with Crippen LogP contribution in [-0.4, -0.2) is 41.1 Å². The molecule has 0 aliphatic carbocycles. The molecule has 0 rings (SSSR count). The van der Waals surface area contributed by atoms with Gasteiger partial charge >= 0.3 is 5.97 Å². The number of carboxylic acids is 1. The second-order valence-electron chi connectivity index (χ2n) is 5.11. The fourth-order valence-electron chi connectivity index (χ4n) is 1.61. The van der Waals surface area contributed by atoms with Crippen molar-refractivity contribution < 1.29 is 9.90 Å². The van der Waals surface area contributed by atoms with Crippen LogP contribution in [0.4, 0.5) is 0 Å². The molecular formula is C11H24N2O2. The summed E-state index contributed by atoms with van der Waals surface area (Å²) in [5.41, 5.74) is 4.57. The van der Waals surface area contributed by atoms with Gasteiger partial charge < -0.3 is 15.7 Å². The van der Waals surface area contributed by atoms with E-state index >= 15 is 0 Å². The van der Waals surface area contributed by atoms with Crippen LogP contribution in [0.3, 0.4) is 0 Å². The summed E-state index contributed by atoms with van der Waals surface area (Å²) in [6.07, 6.45) is 0.464. The number of nitrogens with zero attached hydrogens (tertiary/aromatic N) is 1. The van der Waals surface area contributed by atoms with Crippen LogP contribution in [0.1, 0.15) is 34.1 Å². The lowest BCUT2D eigenvalue weighted by Crippen LogP contribution is -2.50. The average molecular weight is 216 g/mol. The van der Waals surface area contributed by atoms with Gasteiger partial charge in [0.05, 0.1) is 0 Å². The number of carbonyl (C=O) groups is 1. The van der Waals surface area contributed by atoms with E-state index in [0.29, 0.717) is 12.3 Å². The van der Waals surface area contributed by atoms with E-state index < -0.39 is 11.5 Å². The topological polar surface area (TPSA) is 66.6 Å². The summed E-state index contributed by atoms with van der Waals surface area (Å²) >= 11 is 0. The Morgan fingerprint density at radius 1 is 1.47 bits per heavy atom. The van der Waals surface area contributed by atoms with Crippen molar-refractivity contribution in [3.05, 3.63) is 0 Å². The fraction of sp³-hybridized carbons (Fsp3) is 0.909. The van der Waals surface area contributed by atoms with Crippen LogP contribution in [-0.2, 0) is 4.79 Å². The van der Waals surface area contributed by atoms with Crippen molar-refractivity contribution in [1.29, 1.82) is 0 Å². The summed E-state index contributed by atoms with van der Waals surface area (Å²) in [6.45, 7) is 8.81. The van der Waals surface area contributed by atoms with Crippen LogP contribution in [0.5, 0.6) is 0 Å². The Kier molecular flexibility index (Phi) is 5.24. The molecule has 0 saturated carbocycles. The zero-order valence-electron chi connectivity index (χ0n) is 10.4. The number of hydrogen-bond acceptors (Lipinski definition) is 3. The first kappa shape index (κ1) is 14.4. The number of nitrogens with two attached hydrogens (primary N) is 1. The summed E-state index contributed by atoms with van der Waals surface area (Å²) in [6, 6.07) is 0.179. The summed E-state index contributed by atoms with van der Waals surface area (Å²) < 4.78 is 0. The quantitative estimate of drug-likeness (QED) is 0.699. The molecule has 0 bridgehead atoms. The largest absolute Gasteiger partial charge is 0.480 e. The van der Waals surface area contributed by atoms with E-state index in [1.807, 2.05) is 14.0 Å². The molecule has 0 saturated heterocycles. The molecule has 90 valence electrons. The van der Waals surface area contributed by atoms with Crippen LogP contribution in [0.2, 0.25) is 0 Å². The molecule has 4 heteroatoms. The number of rotatable bonds is 6. The first-order valence-corrected chi connectivity index (χ1v) is 5.39. The van der Waals surface area contributed by atoms with Gasteiger partial charge in [0.15, 0.2) is 0 Å². The van der Waals surface area contributed by atoms with Gasteiger partial charge in [-0.2, -0.15) is 0 Å². The molecule has 0 radical (unpaired) electrons. The number of aliphatic carboxylic acids is 1. The normalized spacial score (nSPS) is 17.9. The smallest absolute Gasteiger partial charge is 0.323 e. The van der Waals surface area contributed by atoms with Crippen LogP contribution in [0, 0.1) is 5.92 Å². The summed E-state index contributed by atoms with van der Waals surface area (Å²) in [4.78, 5) is 13.0. The molecule has 0 aromatic carbocycles. The van der Waals surface area contributed by atoms with Crippen molar-refractivity contribution in [3.63, 3.8) is 0 Å². The highest BCUT2D eigenvalue weighted by Crippen LogP contribution is 2.14. The van der Waals surface area contributed by atoms with Crippen molar-refractivity contribution >= 4 is 5.97 Å². The summed E-state index contributed by atoms with van der Waals surface area (Å²) in [5, 5.41) is 8.91. The minimum absolute atomic E-state index is 0.179. The summed E-state index contributed by atoms with van der Waals surface area (Å²) in [5.74, 6) is -0.362. The van der Waals surface area contributed by atoms with E-state index in [9.17, 15) is 4.79 Å². The second kappa shape index (κ2) is 5.47. The minimum atomic E-state index is -1.13. The molecule has 0 heterocycles. The van der Waals surface area contributed by atoms with Gasteiger partial charge in [-0.25, -0.2) is 0 Å². The molecule has 3 N–H and O–H groups in total. The lowest BCUT2D eigenvalue weighted by atomic mass is 9.94. The van der Waals surface area contributed by atoms with Gasteiger partial charge in [0.25, 0.3) is 0 Å². The molecule has 0 aromatic heterocycles. The van der Waals surface area contributed by atoms with Crippen molar-refractivity contribution in [1.82, 2.24) is 4.90 Å². The van der Waals surface area contributed by atoms with E-state index in [-0.39, 0.29) is 6.04 Å². The Morgan fingerprint density at radius 3 is 2.27 bits per heavy atom. The first-order valence-electron chi connectivity index (χ1n) is 5.39. The highest BCUT2D eigenvalue weighted by atomic mass is 16.4. The standard InChI is InChI=1S/C11H24N2O2/c1-8(2)7-13(5)9(3)6-11(4,12)10(14)15/h8-9H,6-7,12H2,1-5H3,(H,14,15). The third kappa shape index (κ3) is 5.14. The fourth-order valence-corrected chi connectivity index (χ4v) is 1.61. The average Bonchev–Trinajstić information content (AvgIpc) is 2.01. The minimum Gasteiger partial charge on any atom is -0.480 e. The Morgan fingerprint density at radius 2 is 1.93 bits per heavy atom. The lowest BCUT2D eigenvalue weighted by Gasteiger charge is -2.31. The van der Waals surface area contributed by atoms with Crippen LogP contribution in [0.25, 0.3) is 0 Å². The molecule has 2 atom stereocenters. The molecule has 0 aliphatic heterocycles. The van der Waals surface area contributed by atoms with E-state index in [1.54, 1.807) is 6.92 Å². The maximum absolute atomic E-state index is 10.9. The Balaban J connectivity index is 4.23. The monoisotopic (exact) mass is 216 g/mol. The molecular weight excluding hydrogens is 192 g/mol. The van der Waals surface area contributed by atoms with Gasteiger partial charge in [-0.05, 0) is 33.2 Å². The molecule has 0 aromatic rings. The van der Waals surface area contributed by atoms with Gasteiger partial charge in [0.2, 0.25) is 0 Å². The predicted octanol–water partition coefficient (Wildman–Crippen LogP) is 1.15. The molecule has 4 nitrogen and oxygen atoms in total. The molecule has 0 amide bonds. The lowest BCUT2D eigenvalue weighted by molar-refractivity contribution is -0.143. The maximum atomic E-state index is 10.9. The zero-order chi connectivity index (χ0) is 12.2. The van der Waals surface area contributed by atoms with Crippen molar-refractivity contribution in [2.24, 2.45) is 11.7 Å². The van der Waals surface area contributed by atoms with E-state index in [1.165, 1.54) is 0 Å². The van der Waals surface area contributed by atoms with E-state index in [2.05, 4.69) is 18.7 Å². The Bertz CT molecular complexity index is 215. The highest BCUT2D eigenvalue weighted by Gasteiger charge is 2.31. The SMILES string of the molecule is CC(C)CN(C)C(C)CC(C)(N)C(=O)O.